The van der Waals surface area contributed by atoms with Crippen molar-refractivity contribution in [2.75, 3.05) is 5.32 Å². The van der Waals surface area contributed by atoms with Crippen LogP contribution in [0.25, 0.3) is 0 Å². The highest BCUT2D eigenvalue weighted by atomic mass is 35.5. The minimum absolute atomic E-state index is 0.0164. The van der Waals surface area contributed by atoms with Crippen molar-refractivity contribution in [3.05, 3.63) is 80.9 Å². The van der Waals surface area contributed by atoms with Crippen LogP contribution in [-0.2, 0) is 16.1 Å². The first-order chi connectivity index (χ1) is 14.7. The first-order valence-electron chi connectivity index (χ1n) is 8.86. The highest BCUT2D eigenvalue weighted by molar-refractivity contribution is 6.42. The fourth-order valence-corrected chi connectivity index (χ4v) is 3.32. The van der Waals surface area contributed by atoms with Gasteiger partial charge in [-0.2, -0.15) is 0 Å². The van der Waals surface area contributed by atoms with Gasteiger partial charge in [0.05, 0.1) is 15.7 Å². The van der Waals surface area contributed by atoms with Crippen LogP contribution in [0.5, 0.6) is 5.75 Å². The number of hydrogen-bond acceptors (Lipinski definition) is 5. The number of anilines is 1. The lowest BCUT2D eigenvalue weighted by molar-refractivity contribution is -0.123. The Hall–Kier alpha value is -2.74. The minimum Gasteiger partial charge on any atom is -0.486 e. The van der Waals surface area contributed by atoms with E-state index in [-0.39, 0.29) is 33.9 Å². The zero-order valence-corrected chi connectivity index (χ0v) is 18.2. The molecule has 162 valence electrons. The molecule has 1 heterocycles. The normalized spacial score (nSPS) is 11.6. The number of halogens is 4. The van der Waals surface area contributed by atoms with Crippen molar-refractivity contribution < 1.29 is 27.9 Å². The molecule has 0 spiro atoms. The average molecular weight is 487 g/mol. The Balaban J connectivity index is 1.56. The Morgan fingerprint density at radius 1 is 1.06 bits per heavy atom. The molecule has 0 saturated carbocycles. The Morgan fingerprint density at radius 2 is 1.71 bits per heavy atom. The topological polar surface area (TPSA) is 77.8 Å². The van der Waals surface area contributed by atoms with Gasteiger partial charge < -0.3 is 19.2 Å². The van der Waals surface area contributed by atoms with Crippen LogP contribution in [0.3, 0.4) is 0 Å². The molecule has 0 aliphatic rings. The number of amides is 1. The number of furan rings is 1. The lowest BCUT2D eigenvalue weighted by atomic mass is 10.3. The van der Waals surface area contributed by atoms with E-state index >= 15 is 0 Å². The first kappa shape index (κ1) is 22.9. The number of benzene rings is 2. The van der Waals surface area contributed by atoms with Crippen LogP contribution in [0.15, 0.2) is 52.9 Å². The summed E-state index contributed by atoms with van der Waals surface area (Å²) in [4.78, 5) is 24.6. The fraction of sp³-hybridized carbons (Fsp3) is 0.143. The summed E-state index contributed by atoms with van der Waals surface area (Å²) < 4.78 is 28.9. The number of carbonyl (C=O) groups excluding carboxylic acids is 2. The largest absolute Gasteiger partial charge is 0.486 e. The lowest BCUT2D eigenvalue weighted by Gasteiger charge is -2.14. The van der Waals surface area contributed by atoms with Gasteiger partial charge in [0.2, 0.25) is 5.76 Å². The van der Waals surface area contributed by atoms with Crippen molar-refractivity contribution in [2.24, 2.45) is 0 Å². The van der Waals surface area contributed by atoms with Crippen molar-refractivity contribution in [3.8, 4) is 5.75 Å². The summed E-state index contributed by atoms with van der Waals surface area (Å²) >= 11 is 17.9. The van der Waals surface area contributed by atoms with Gasteiger partial charge in [0, 0.05) is 5.02 Å². The van der Waals surface area contributed by atoms with Crippen LogP contribution >= 0.6 is 34.8 Å². The second-order valence-corrected chi connectivity index (χ2v) is 7.54. The van der Waals surface area contributed by atoms with Gasteiger partial charge in [-0.15, -0.1) is 0 Å². The highest BCUT2D eigenvalue weighted by Crippen LogP contribution is 2.33. The number of hydrogen-bond donors (Lipinski definition) is 1. The van der Waals surface area contributed by atoms with Gasteiger partial charge in [-0.1, -0.05) is 34.8 Å². The van der Waals surface area contributed by atoms with Crippen LogP contribution < -0.4 is 10.1 Å². The van der Waals surface area contributed by atoms with E-state index in [0.717, 1.165) is 0 Å². The summed E-state index contributed by atoms with van der Waals surface area (Å²) in [5.41, 5.74) is 0.152. The molecule has 0 radical (unpaired) electrons. The Morgan fingerprint density at radius 3 is 2.35 bits per heavy atom. The molecule has 0 aliphatic heterocycles. The maximum atomic E-state index is 12.9. The molecule has 31 heavy (non-hydrogen) atoms. The van der Waals surface area contributed by atoms with Crippen LogP contribution in [0.1, 0.15) is 23.2 Å². The monoisotopic (exact) mass is 485 g/mol. The van der Waals surface area contributed by atoms with Crippen molar-refractivity contribution in [1.29, 1.82) is 0 Å². The van der Waals surface area contributed by atoms with Gasteiger partial charge in [0.15, 0.2) is 6.10 Å². The standard InChI is InChI=1S/C21H15Cl3FNO5/c1-11(20(27)26-19-16(23)8-12(22)9-17(19)24)30-21(28)18-7-6-15(31-18)10-29-14-4-2-13(25)3-5-14/h2-9,11H,10H2,1H3,(H,26,27). The minimum atomic E-state index is -1.17. The first-order valence-corrected chi connectivity index (χ1v) is 10.00. The summed E-state index contributed by atoms with van der Waals surface area (Å²) in [5, 5.41) is 3.08. The van der Waals surface area contributed by atoms with Gasteiger partial charge in [0.1, 0.15) is 23.9 Å². The van der Waals surface area contributed by atoms with Crippen molar-refractivity contribution in [2.45, 2.75) is 19.6 Å². The van der Waals surface area contributed by atoms with E-state index in [2.05, 4.69) is 5.32 Å². The quantitative estimate of drug-likeness (QED) is 0.406. The number of esters is 1. The molecule has 3 rings (SSSR count). The van der Waals surface area contributed by atoms with E-state index in [1.54, 1.807) is 0 Å². The van der Waals surface area contributed by atoms with Gasteiger partial charge in [-0.05, 0) is 55.5 Å². The average Bonchev–Trinajstić information content (AvgIpc) is 3.19. The van der Waals surface area contributed by atoms with E-state index in [4.69, 9.17) is 48.7 Å². The molecule has 3 aromatic rings. The molecule has 1 atom stereocenters. The number of rotatable bonds is 7. The lowest BCUT2D eigenvalue weighted by Crippen LogP contribution is -2.30. The molecule has 1 amide bonds. The third kappa shape index (κ3) is 6.13. The second kappa shape index (κ2) is 10.0. The number of carbonyl (C=O) groups is 2. The summed E-state index contributed by atoms with van der Waals surface area (Å²) in [6, 6.07) is 11.2. The zero-order chi connectivity index (χ0) is 22.5. The third-order valence-corrected chi connectivity index (χ3v) is 4.78. The molecule has 1 unspecified atom stereocenters. The Labute approximate surface area is 191 Å². The van der Waals surface area contributed by atoms with E-state index in [1.165, 1.54) is 55.5 Å². The molecular formula is C21H15Cl3FNO5. The maximum absolute atomic E-state index is 12.9. The second-order valence-electron chi connectivity index (χ2n) is 6.29. The van der Waals surface area contributed by atoms with Crippen molar-refractivity contribution in [3.63, 3.8) is 0 Å². The Kier molecular flexibility index (Phi) is 7.43. The molecule has 1 N–H and O–H groups in total. The van der Waals surface area contributed by atoms with Crippen LogP contribution in [-0.4, -0.2) is 18.0 Å². The molecule has 0 bridgehead atoms. The molecule has 2 aromatic carbocycles. The number of ether oxygens (including phenoxy) is 2. The summed E-state index contributed by atoms with van der Waals surface area (Å²) in [6.45, 7) is 1.40. The van der Waals surface area contributed by atoms with E-state index < -0.39 is 18.0 Å². The summed E-state index contributed by atoms with van der Waals surface area (Å²) in [6.07, 6.45) is -1.17. The molecule has 0 fully saturated rings. The maximum Gasteiger partial charge on any atom is 0.375 e. The molecular weight excluding hydrogens is 472 g/mol. The molecule has 6 nitrogen and oxygen atoms in total. The predicted molar refractivity (Wildman–Crippen MR) is 114 cm³/mol. The zero-order valence-electron chi connectivity index (χ0n) is 16.0. The van der Waals surface area contributed by atoms with Crippen LogP contribution in [0.2, 0.25) is 15.1 Å². The number of nitrogens with one attached hydrogen (secondary N) is 1. The summed E-state index contributed by atoms with van der Waals surface area (Å²) in [7, 11) is 0. The van der Waals surface area contributed by atoms with E-state index in [1.807, 2.05) is 0 Å². The van der Waals surface area contributed by atoms with Crippen molar-refractivity contribution in [1.82, 2.24) is 0 Å². The smallest absolute Gasteiger partial charge is 0.375 e. The SMILES string of the molecule is CC(OC(=O)c1ccc(COc2ccc(F)cc2)o1)C(=O)Nc1c(Cl)cc(Cl)cc1Cl. The molecule has 10 heteroatoms. The van der Waals surface area contributed by atoms with Gasteiger partial charge >= 0.3 is 5.97 Å². The van der Waals surface area contributed by atoms with E-state index in [9.17, 15) is 14.0 Å². The van der Waals surface area contributed by atoms with E-state index in [0.29, 0.717) is 16.5 Å². The molecule has 0 aliphatic carbocycles. The third-order valence-electron chi connectivity index (χ3n) is 3.97. The summed E-state index contributed by atoms with van der Waals surface area (Å²) in [5.74, 6) is -1.20. The van der Waals surface area contributed by atoms with Gasteiger partial charge in [-0.25, -0.2) is 9.18 Å². The van der Waals surface area contributed by atoms with Crippen LogP contribution in [0, 0.1) is 5.82 Å². The van der Waals surface area contributed by atoms with Gasteiger partial charge in [0.25, 0.3) is 5.91 Å². The molecule has 1 aromatic heterocycles. The predicted octanol–water partition coefficient (Wildman–Crippen LogP) is 6.14. The Bertz CT molecular complexity index is 1080. The highest BCUT2D eigenvalue weighted by Gasteiger charge is 2.23. The molecule has 0 saturated heterocycles. The van der Waals surface area contributed by atoms with Gasteiger partial charge in [-0.3, -0.25) is 4.79 Å². The van der Waals surface area contributed by atoms with Crippen molar-refractivity contribution >= 4 is 52.4 Å². The fourth-order valence-electron chi connectivity index (χ4n) is 2.41. The van der Waals surface area contributed by atoms with Crippen LogP contribution in [0.4, 0.5) is 10.1 Å².